The van der Waals surface area contributed by atoms with Crippen molar-refractivity contribution >= 4 is 27.5 Å². The Balaban J connectivity index is 1.81. The molecule has 2 aromatic rings. The highest BCUT2D eigenvalue weighted by atomic mass is 79.9. The number of rotatable bonds is 3. The topological polar surface area (TPSA) is 21.3 Å². The second kappa shape index (κ2) is 6.39. The molecule has 0 radical (unpaired) electrons. The Bertz CT molecular complexity index is 646. The van der Waals surface area contributed by atoms with E-state index in [2.05, 4.69) is 46.4 Å². The molecule has 2 nitrogen and oxygen atoms in total. The smallest absolute Gasteiger partial charge is 0.124 e. The average Bonchev–Trinajstić information content (AvgIpc) is 2.47. The van der Waals surface area contributed by atoms with Gasteiger partial charge in [-0.3, -0.25) is 0 Å². The number of benzene rings is 2. The molecule has 0 saturated carbocycles. The van der Waals surface area contributed by atoms with Gasteiger partial charge in [0.1, 0.15) is 5.75 Å². The van der Waals surface area contributed by atoms with E-state index in [1.54, 1.807) is 0 Å². The van der Waals surface area contributed by atoms with Gasteiger partial charge in [0.2, 0.25) is 0 Å². The van der Waals surface area contributed by atoms with Gasteiger partial charge in [0, 0.05) is 33.6 Å². The maximum Gasteiger partial charge on any atom is 0.124 e. The first kappa shape index (κ1) is 14.9. The summed E-state index contributed by atoms with van der Waals surface area (Å²) >= 11 is 9.79. The van der Waals surface area contributed by atoms with E-state index in [0.717, 1.165) is 33.8 Å². The normalized spacial score (nSPS) is 18.7. The summed E-state index contributed by atoms with van der Waals surface area (Å²) in [5.41, 5.74) is 2.34. The Hall–Kier alpha value is -1.03. The maximum absolute atomic E-state index is 6.35. The maximum atomic E-state index is 6.35. The van der Waals surface area contributed by atoms with E-state index in [1.165, 1.54) is 5.56 Å². The third kappa shape index (κ3) is 3.25. The molecule has 1 aliphatic rings. The van der Waals surface area contributed by atoms with Gasteiger partial charge >= 0.3 is 0 Å². The second-order valence-electron chi connectivity index (χ2n) is 5.28. The first-order valence-corrected chi connectivity index (χ1v) is 8.25. The fraction of sp³-hybridized carbons (Fsp3) is 0.294. The lowest BCUT2D eigenvalue weighted by molar-refractivity contribution is 0.246. The standard InChI is InChI=1S/C17H17BrClNO/c1-11(13-7-6-12(18)10-15(13)19)20-16-8-9-21-17-5-3-2-4-14(16)17/h2-7,10-11,16,20H,8-9H2,1H3. The number of halogens is 2. The van der Waals surface area contributed by atoms with Crippen molar-refractivity contribution in [1.82, 2.24) is 5.32 Å². The third-order valence-corrected chi connectivity index (χ3v) is 4.66. The summed E-state index contributed by atoms with van der Waals surface area (Å²) in [5.74, 6) is 0.982. The number of para-hydroxylation sites is 1. The summed E-state index contributed by atoms with van der Waals surface area (Å²) < 4.78 is 6.71. The van der Waals surface area contributed by atoms with Crippen LogP contribution >= 0.6 is 27.5 Å². The monoisotopic (exact) mass is 365 g/mol. The molecule has 1 N–H and O–H groups in total. The minimum Gasteiger partial charge on any atom is -0.493 e. The largest absolute Gasteiger partial charge is 0.493 e. The summed E-state index contributed by atoms with van der Waals surface area (Å²) in [5, 5.41) is 4.45. The van der Waals surface area contributed by atoms with Gasteiger partial charge in [0.25, 0.3) is 0 Å². The van der Waals surface area contributed by atoms with E-state index >= 15 is 0 Å². The summed E-state index contributed by atoms with van der Waals surface area (Å²) in [7, 11) is 0. The highest BCUT2D eigenvalue weighted by Gasteiger charge is 2.23. The van der Waals surface area contributed by atoms with Crippen molar-refractivity contribution in [2.45, 2.75) is 25.4 Å². The second-order valence-corrected chi connectivity index (χ2v) is 6.60. The van der Waals surface area contributed by atoms with Crippen LogP contribution in [0.15, 0.2) is 46.9 Å². The molecule has 0 fully saturated rings. The predicted molar refractivity (Wildman–Crippen MR) is 90.0 cm³/mol. The summed E-state index contributed by atoms with van der Waals surface area (Å²) in [6.45, 7) is 2.89. The lowest BCUT2D eigenvalue weighted by Gasteiger charge is -2.29. The molecule has 2 atom stereocenters. The Kier molecular flexibility index (Phi) is 4.53. The van der Waals surface area contributed by atoms with Crippen molar-refractivity contribution in [2.24, 2.45) is 0 Å². The van der Waals surface area contributed by atoms with E-state index in [1.807, 2.05) is 24.3 Å². The fourth-order valence-electron chi connectivity index (χ4n) is 2.76. The van der Waals surface area contributed by atoms with Crippen molar-refractivity contribution in [3.63, 3.8) is 0 Å². The molecular formula is C17H17BrClNO. The molecular weight excluding hydrogens is 350 g/mol. The third-order valence-electron chi connectivity index (χ3n) is 3.84. The van der Waals surface area contributed by atoms with Gasteiger partial charge in [0.15, 0.2) is 0 Å². The van der Waals surface area contributed by atoms with Gasteiger partial charge in [0.05, 0.1) is 6.61 Å². The molecule has 2 aromatic carbocycles. The molecule has 1 aliphatic heterocycles. The zero-order chi connectivity index (χ0) is 14.8. The van der Waals surface area contributed by atoms with Crippen molar-refractivity contribution in [3.8, 4) is 5.75 Å². The lowest BCUT2D eigenvalue weighted by Crippen LogP contribution is -2.29. The Morgan fingerprint density at radius 2 is 2.10 bits per heavy atom. The van der Waals surface area contributed by atoms with Crippen LogP contribution in [0, 0.1) is 0 Å². The zero-order valence-electron chi connectivity index (χ0n) is 11.8. The van der Waals surface area contributed by atoms with Crippen LogP contribution in [-0.2, 0) is 0 Å². The van der Waals surface area contributed by atoms with Crippen molar-refractivity contribution in [2.75, 3.05) is 6.61 Å². The van der Waals surface area contributed by atoms with Crippen LogP contribution in [0.5, 0.6) is 5.75 Å². The van der Waals surface area contributed by atoms with Crippen LogP contribution in [0.1, 0.15) is 36.6 Å². The molecule has 21 heavy (non-hydrogen) atoms. The SMILES string of the molecule is CC(NC1CCOc2ccccc21)c1ccc(Br)cc1Cl. The predicted octanol–water partition coefficient (Wildman–Crippen LogP) is 5.28. The summed E-state index contributed by atoms with van der Waals surface area (Å²) in [6, 6.07) is 14.7. The molecule has 0 saturated heterocycles. The van der Waals surface area contributed by atoms with E-state index in [-0.39, 0.29) is 6.04 Å². The minimum atomic E-state index is 0.182. The number of hydrogen-bond donors (Lipinski definition) is 1. The Morgan fingerprint density at radius 1 is 1.29 bits per heavy atom. The van der Waals surface area contributed by atoms with Crippen LogP contribution in [0.2, 0.25) is 5.02 Å². The molecule has 0 bridgehead atoms. The van der Waals surface area contributed by atoms with Crippen LogP contribution < -0.4 is 10.1 Å². The highest BCUT2D eigenvalue weighted by molar-refractivity contribution is 9.10. The lowest BCUT2D eigenvalue weighted by atomic mass is 9.98. The number of hydrogen-bond acceptors (Lipinski definition) is 2. The number of nitrogens with one attached hydrogen (secondary N) is 1. The van der Waals surface area contributed by atoms with Crippen LogP contribution in [0.25, 0.3) is 0 Å². The minimum absolute atomic E-state index is 0.182. The van der Waals surface area contributed by atoms with Gasteiger partial charge in [-0.2, -0.15) is 0 Å². The van der Waals surface area contributed by atoms with Crippen LogP contribution in [0.3, 0.4) is 0 Å². The zero-order valence-corrected chi connectivity index (χ0v) is 14.1. The summed E-state index contributed by atoms with van der Waals surface area (Å²) in [6.07, 6.45) is 0.968. The number of fused-ring (bicyclic) bond motifs is 1. The highest BCUT2D eigenvalue weighted by Crippen LogP contribution is 2.34. The Labute approximate surface area is 138 Å². The van der Waals surface area contributed by atoms with Gasteiger partial charge in [-0.25, -0.2) is 0 Å². The van der Waals surface area contributed by atoms with E-state index in [9.17, 15) is 0 Å². The average molecular weight is 367 g/mol. The van der Waals surface area contributed by atoms with Gasteiger partial charge in [-0.1, -0.05) is 51.8 Å². The van der Waals surface area contributed by atoms with E-state index in [4.69, 9.17) is 16.3 Å². The number of ether oxygens (including phenoxy) is 1. The van der Waals surface area contributed by atoms with Crippen molar-refractivity contribution in [3.05, 3.63) is 63.1 Å². The van der Waals surface area contributed by atoms with Crippen LogP contribution in [0.4, 0.5) is 0 Å². The van der Waals surface area contributed by atoms with E-state index < -0.39 is 0 Å². The quantitative estimate of drug-likeness (QED) is 0.798. The van der Waals surface area contributed by atoms with Gasteiger partial charge in [-0.05, 0) is 30.7 Å². The van der Waals surface area contributed by atoms with Crippen molar-refractivity contribution < 1.29 is 4.74 Å². The molecule has 110 valence electrons. The van der Waals surface area contributed by atoms with Crippen LogP contribution in [-0.4, -0.2) is 6.61 Å². The van der Waals surface area contributed by atoms with Gasteiger partial charge in [-0.15, -0.1) is 0 Å². The molecule has 3 rings (SSSR count). The molecule has 0 spiro atoms. The first-order chi connectivity index (χ1) is 10.1. The molecule has 1 heterocycles. The Morgan fingerprint density at radius 3 is 2.90 bits per heavy atom. The first-order valence-electron chi connectivity index (χ1n) is 7.08. The van der Waals surface area contributed by atoms with Gasteiger partial charge < -0.3 is 10.1 Å². The van der Waals surface area contributed by atoms with E-state index in [0.29, 0.717) is 6.04 Å². The summed E-state index contributed by atoms with van der Waals surface area (Å²) in [4.78, 5) is 0. The molecule has 0 aromatic heterocycles. The fourth-order valence-corrected chi connectivity index (χ4v) is 3.60. The molecule has 2 unspecified atom stereocenters. The molecule has 0 aliphatic carbocycles. The van der Waals surface area contributed by atoms with Crippen molar-refractivity contribution in [1.29, 1.82) is 0 Å². The molecule has 4 heteroatoms. The molecule has 0 amide bonds.